The summed E-state index contributed by atoms with van der Waals surface area (Å²) in [7, 11) is 0. The molecule has 1 aliphatic rings. The van der Waals surface area contributed by atoms with E-state index in [0.717, 1.165) is 0 Å². The molecule has 0 aliphatic carbocycles. The summed E-state index contributed by atoms with van der Waals surface area (Å²) in [5.41, 5.74) is 0.353. The second-order valence-corrected chi connectivity index (χ2v) is 6.78. The molecule has 0 bridgehead atoms. The minimum Gasteiger partial charge on any atom is -0.422 e. The van der Waals surface area contributed by atoms with Crippen molar-refractivity contribution in [1.29, 1.82) is 0 Å². The maximum absolute atomic E-state index is 12.5. The van der Waals surface area contributed by atoms with Gasteiger partial charge in [-0.25, -0.2) is 4.79 Å². The molecule has 0 saturated carbocycles. The van der Waals surface area contributed by atoms with Crippen LogP contribution in [0.15, 0.2) is 63.8 Å². The van der Waals surface area contributed by atoms with Crippen LogP contribution in [0.4, 0.5) is 5.69 Å². The van der Waals surface area contributed by atoms with E-state index in [1.807, 2.05) is 0 Å². The van der Waals surface area contributed by atoms with Gasteiger partial charge >= 0.3 is 5.63 Å². The second kappa shape index (κ2) is 6.89. The Balaban J connectivity index is 1.52. The zero-order valence-electron chi connectivity index (χ0n) is 14.1. The number of para-hydroxylation sites is 1. The van der Waals surface area contributed by atoms with E-state index < -0.39 is 17.6 Å². The predicted molar refractivity (Wildman–Crippen MR) is 102 cm³/mol. The van der Waals surface area contributed by atoms with Crippen molar-refractivity contribution in [1.82, 2.24) is 5.32 Å². The highest BCUT2D eigenvalue weighted by atomic mass is 35.5. The lowest BCUT2D eigenvalue weighted by Gasteiger charge is -2.17. The highest BCUT2D eigenvalue weighted by Crippen LogP contribution is 2.23. The van der Waals surface area contributed by atoms with Crippen LogP contribution in [0, 0.1) is 0 Å². The van der Waals surface area contributed by atoms with Crippen molar-refractivity contribution >= 4 is 40.1 Å². The third kappa shape index (κ3) is 3.44. The number of nitrogens with zero attached hydrogens (tertiary/aromatic N) is 1. The van der Waals surface area contributed by atoms with Gasteiger partial charge in [0.15, 0.2) is 0 Å². The van der Waals surface area contributed by atoms with E-state index in [1.165, 1.54) is 6.07 Å². The van der Waals surface area contributed by atoms with Crippen molar-refractivity contribution in [2.45, 2.75) is 12.5 Å². The first-order valence-corrected chi connectivity index (χ1v) is 8.79. The Labute approximate surface area is 159 Å². The largest absolute Gasteiger partial charge is 0.422 e. The molecule has 136 valence electrons. The summed E-state index contributed by atoms with van der Waals surface area (Å²) in [6, 6.07) is 15.0. The van der Waals surface area contributed by atoms with Crippen molar-refractivity contribution in [2.24, 2.45) is 0 Å². The molecule has 27 heavy (non-hydrogen) atoms. The fraction of sp³-hybridized carbons (Fsp3) is 0.150. The minimum absolute atomic E-state index is 0.0777. The van der Waals surface area contributed by atoms with Gasteiger partial charge in [0.2, 0.25) is 5.91 Å². The topological polar surface area (TPSA) is 79.6 Å². The van der Waals surface area contributed by atoms with E-state index in [2.05, 4.69) is 5.32 Å². The second-order valence-electron chi connectivity index (χ2n) is 6.34. The van der Waals surface area contributed by atoms with Gasteiger partial charge in [-0.05, 0) is 36.4 Å². The maximum atomic E-state index is 12.5. The van der Waals surface area contributed by atoms with E-state index in [4.69, 9.17) is 16.0 Å². The molecule has 7 heteroatoms. The highest BCUT2D eigenvalue weighted by molar-refractivity contribution is 6.30. The Morgan fingerprint density at radius 3 is 2.63 bits per heavy atom. The van der Waals surface area contributed by atoms with Crippen molar-refractivity contribution in [2.75, 3.05) is 11.4 Å². The molecule has 0 spiro atoms. The molecule has 0 unspecified atom stereocenters. The quantitative estimate of drug-likeness (QED) is 0.706. The SMILES string of the molecule is O=C(N[C@@H]1CC(=O)N(c2ccc(Cl)cc2)C1)c1cc2ccccc2oc1=O. The summed E-state index contributed by atoms with van der Waals surface area (Å²) >= 11 is 5.88. The maximum Gasteiger partial charge on any atom is 0.349 e. The van der Waals surface area contributed by atoms with Crippen LogP contribution >= 0.6 is 11.6 Å². The van der Waals surface area contributed by atoms with Crippen LogP contribution in [0.2, 0.25) is 5.02 Å². The summed E-state index contributed by atoms with van der Waals surface area (Å²) in [5.74, 6) is -0.654. The van der Waals surface area contributed by atoms with Crippen molar-refractivity contribution in [3.05, 3.63) is 75.6 Å². The molecule has 0 radical (unpaired) electrons. The van der Waals surface area contributed by atoms with Gasteiger partial charge < -0.3 is 14.6 Å². The number of hydrogen-bond donors (Lipinski definition) is 1. The lowest BCUT2D eigenvalue weighted by atomic mass is 10.1. The monoisotopic (exact) mass is 382 g/mol. The Morgan fingerprint density at radius 1 is 1.11 bits per heavy atom. The molecular formula is C20H15ClN2O4. The molecule has 1 fully saturated rings. The average molecular weight is 383 g/mol. The molecule has 6 nitrogen and oxygen atoms in total. The number of nitrogens with one attached hydrogen (secondary N) is 1. The molecule has 1 N–H and O–H groups in total. The number of halogens is 1. The van der Waals surface area contributed by atoms with Crippen LogP contribution in [0.1, 0.15) is 16.8 Å². The zero-order chi connectivity index (χ0) is 19.0. The number of rotatable bonds is 3. The van der Waals surface area contributed by atoms with Crippen LogP contribution in [-0.4, -0.2) is 24.4 Å². The van der Waals surface area contributed by atoms with Crippen LogP contribution in [0.25, 0.3) is 11.0 Å². The van der Waals surface area contributed by atoms with Gasteiger partial charge in [-0.2, -0.15) is 0 Å². The third-order valence-electron chi connectivity index (χ3n) is 4.48. The predicted octanol–water partition coefficient (Wildman–Crippen LogP) is 2.98. The van der Waals surface area contributed by atoms with Gasteiger partial charge in [0.25, 0.3) is 5.91 Å². The molecule has 1 aliphatic heterocycles. The van der Waals surface area contributed by atoms with Gasteiger partial charge in [-0.1, -0.05) is 29.8 Å². The number of benzene rings is 2. The Hall–Kier alpha value is -3.12. The summed E-state index contributed by atoms with van der Waals surface area (Å²) in [6.07, 6.45) is 0.160. The van der Waals surface area contributed by atoms with Crippen LogP contribution < -0.4 is 15.8 Å². The van der Waals surface area contributed by atoms with Gasteiger partial charge in [0.05, 0.1) is 6.04 Å². The standard InChI is InChI=1S/C20H15ClN2O4/c21-13-5-7-15(8-6-13)23-11-14(10-18(23)24)22-19(25)16-9-12-3-1-2-4-17(12)27-20(16)26/h1-9,14H,10-11H2,(H,22,25)/t14-/m1/s1. The van der Waals surface area contributed by atoms with Crippen LogP contribution in [0.5, 0.6) is 0 Å². The molecule has 1 atom stereocenters. The van der Waals surface area contributed by atoms with Gasteiger partial charge in [-0.3, -0.25) is 9.59 Å². The van der Waals surface area contributed by atoms with Gasteiger partial charge in [-0.15, -0.1) is 0 Å². The lowest BCUT2D eigenvalue weighted by molar-refractivity contribution is -0.117. The van der Waals surface area contributed by atoms with E-state index in [1.54, 1.807) is 53.4 Å². The number of hydrogen-bond acceptors (Lipinski definition) is 4. The number of carbonyl (C=O) groups is 2. The Morgan fingerprint density at radius 2 is 1.85 bits per heavy atom. The number of anilines is 1. The van der Waals surface area contributed by atoms with E-state index in [0.29, 0.717) is 28.2 Å². The number of amides is 2. The van der Waals surface area contributed by atoms with Crippen LogP contribution in [-0.2, 0) is 4.79 Å². The van der Waals surface area contributed by atoms with Crippen molar-refractivity contribution in [3.8, 4) is 0 Å². The van der Waals surface area contributed by atoms with Gasteiger partial charge in [0, 0.05) is 29.1 Å². The fourth-order valence-corrected chi connectivity index (χ4v) is 3.28. The molecule has 1 aromatic heterocycles. The van der Waals surface area contributed by atoms with Crippen LogP contribution in [0.3, 0.4) is 0 Å². The molecule has 3 aromatic rings. The van der Waals surface area contributed by atoms with Crippen molar-refractivity contribution in [3.63, 3.8) is 0 Å². The third-order valence-corrected chi connectivity index (χ3v) is 4.74. The number of carbonyl (C=O) groups excluding carboxylic acids is 2. The summed E-state index contributed by atoms with van der Waals surface area (Å²) < 4.78 is 5.19. The molecule has 2 heterocycles. The summed E-state index contributed by atoms with van der Waals surface area (Å²) in [5, 5.41) is 4.00. The molecule has 2 aromatic carbocycles. The zero-order valence-corrected chi connectivity index (χ0v) is 14.9. The Bertz CT molecular complexity index is 1090. The van der Waals surface area contributed by atoms with E-state index in [-0.39, 0.29) is 17.9 Å². The first kappa shape index (κ1) is 17.3. The summed E-state index contributed by atoms with van der Waals surface area (Å²) in [4.78, 5) is 38.5. The number of fused-ring (bicyclic) bond motifs is 1. The van der Waals surface area contributed by atoms with Gasteiger partial charge in [0.1, 0.15) is 11.1 Å². The summed E-state index contributed by atoms with van der Waals surface area (Å²) in [6.45, 7) is 0.325. The van der Waals surface area contributed by atoms with E-state index in [9.17, 15) is 14.4 Å². The minimum atomic E-state index is -0.704. The average Bonchev–Trinajstić information content (AvgIpc) is 3.01. The highest BCUT2D eigenvalue weighted by Gasteiger charge is 2.32. The molecule has 2 amide bonds. The van der Waals surface area contributed by atoms with E-state index >= 15 is 0 Å². The fourth-order valence-electron chi connectivity index (χ4n) is 3.16. The first-order chi connectivity index (χ1) is 13.0. The smallest absolute Gasteiger partial charge is 0.349 e. The molecule has 1 saturated heterocycles. The molecular weight excluding hydrogens is 368 g/mol. The van der Waals surface area contributed by atoms with Crippen molar-refractivity contribution < 1.29 is 14.0 Å². The first-order valence-electron chi connectivity index (χ1n) is 8.41. The molecule has 4 rings (SSSR count). The lowest BCUT2D eigenvalue weighted by Crippen LogP contribution is -2.39. The normalized spacial score (nSPS) is 16.7. The Kier molecular flexibility index (Phi) is 4.41.